The molecular formula is C11H11N. The van der Waals surface area contributed by atoms with Gasteiger partial charge in [0, 0.05) is 6.20 Å². The Labute approximate surface area is 72.8 Å². The van der Waals surface area contributed by atoms with Crippen molar-refractivity contribution in [3.05, 3.63) is 61.5 Å². The lowest BCUT2D eigenvalue weighted by Crippen LogP contribution is -1.83. The summed E-state index contributed by atoms with van der Waals surface area (Å²) in [4.78, 5) is 4.18. The first-order valence-electron chi connectivity index (χ1n) is 3.75. The number of hydrogen-bond acceptors (Lipinski definition) is 1. The second kappa shape index (κ2) is 4.29. The van der Waals surface area contributed by atoms with Crippen LogP contribution in [0, 0.1) is 0 Å². The molecule has 0 bridgehead atoms. The van der Waals surface area contributed by atoms with Gasteiger partial charge in [-0.25, -0.2) is 0 Å². The lowest BCUT2D eigenvalue weighted by molar-refractivity contribution is 1.28. The zero-order valence-corrected chi connectivity index (χ0v) is 6.90. The molecule has 0 N–H and O–H groups in total. The van der Waals surface area contributed by atoms with E-state index in [-0.39, 0.29) is 0 Å². The molecule has 0 aliphatic heterocycles. The van der Waals surface area contributed by atoms with Gasteiger partial charge in [0.05, 0.1) is 5.69 Å². The summed E-state index contributed by atoms with van der Waals surface area (Å²) < 4.78 is 0. The zero-order chi connectivity index (χ0) is 8.81. The van der Waals surface area contributed by atoms with Gasteiger partial charge in [0.15, 0.2) is 0 Å². The van der Waals surface area contributed by atoms with Gasteiger partial charge in [-0.2, -0.15) is 0 Å². The molecular weight excluding hydrogens is 146 g/mol. The molecule has 1 rings (SSSR count). The summed E-state index contributed by atoms with van der Waals surface area (Å²) in [5, 5.41) is 0. The first kappa shape index (κ1) is 8.47. The third-order valence-corrected chi connectivity index (χ3v) is 1.48. The molecule has 0 spiro atoms. The fourth-order valence-corrected chi connectivity index (χ4v) is 0.918. The SMILES string of the molecule is C=CC=C(C=C)c1ccccn1. The van der Waals surface area contributed by atoms with Crippen molar-refractivity contribution in [2.75, 3.05) is 0 Å². The van der Waals surface area contributed by atoms with Crippen LogP contribution in [0.4, 0.5) is 0 Å². The average molecular weight is 157 g/mol. The molecule has 0 aliphatic rings. The molecule has 0 unspecified atom stereocenters. The van der Waals surface area contributed by atoms with E-state index in [1.807, 2.05) is 24.3 Å². The quantitative estimate of drug-likeness (QED) is 0.615. The molecule has 60 valence electrons. The summed E-state index contributed by atoms with van der Waals surface area (Å²) in [6.45, 7) is 7.32. The van der Waals surface area contributed by atoms with Gasteiger partial charge in [0.25, 0.3) is 0 Å². The van der Waals surface area contributed by atoms with E-state index in [2.05, 4.69) is 18.1 Å². The lowest BCUT2D eigenvalue weighted by Gasteiger charge is -1.97. The normalized spacial score (nSPS) is 10.8. The highest BCUT2D eigenvalue weighted by atomic mass is 14.7. The summed E-state index contributed by atoms with van der Waals surface area (Å²) in [6, 6.07) is 5.78. The third-order valence-electron chi connectivity index (χ3n) is 1.48. The van der Waals surface area contributed by atoms with Gasteiger partial charge in [-0.15, -0.1) is 0 Å². The van der Waals surface area contributed by atoms with Crippen LogP contribution < -0.4 is 0 Å². The average Bonchev–Trinajstić information content (AvgIpc) is 2.15. The van der Waals surface area contributed by atoms with Crippen LogP contribution >= 0.6 is 0 Å². The van der Waals surface area contributed by atoms with E-state index in [4.69, 9.17) is 0 Å². The summed E-state index contributed by atoms with van der Waals surface area (Å²) in [5.74, 6) is 0. The zero-order valence-electron chi connectivity index (χ0n) is 6.90. The van der Waals surface area contributed by atoms with Gasteiger partial charge in [-0.05, 0) is 17.7 Å². The van der Waals surface area contributed by atoms with E-state index in [9.17, 15) is 0 Å². The number of aromatic nitrogens is 1. The Hall–Kier alpha value is -1.63. The molecule has 0 aliphatic carbocycles. The molecule has 1 heterocycles. The van der Waals surface area contributed by atoms with Crippen LogP contribution in [0.25, 0.3) is 5.57 Å². The van der Waals surface area contributed by atoms with Crippen molar-refractivity contribution in [3.8, 4) is 0 Å². The minimum Gasteiger partial charge on any atom is -0.256 e. The van der Waals surface area contributed by atoms with Gasteiger partial charge >= 0.3 is 0 Å². The highest BCUT2D eigenvalue weighted by Gasteiger charge is 1.94. The number of rotatable bonds is 3. The van der Waals surface area contributed by atoms with Crippen molar-refractivity contribution in [3.63, 3.8) is 0 Å². The number of hydrogen-bond donors (Lipinski definition) is 0. The maximum Gasteiger partial charge on any atom is 0.0701 e. The molecule has 0 fully saturated rings. The fourth-order valence-electron chi connectivity index (χ4n) is 0.918. The molecule has 1 heteroatoms. The van der Waals surface area contributed by atoms with Crippen molar-refractivity contribution in [1.82, 2.24) is 4.98 Å². The predicted octanol–water partition coefficient (Wildman–Crippen LogP) is 2.84. The highest BCUT2D eigenvalue weighted by molar-refractivity contribution is 5.72. The maximum absolute atomic E-state index is 4.18. The van der Waals surface area contributed by atoms with Crippen LogP contribution in [0.2, 0.25) is 0 Å². The molecule has 1 aromatic rings. The van der Waals surface area contributed by atoms with E-state index in [0.29, 0.717) is 0 Å². The molecule has 0 saturated carbocycles. The van der Waals surface area contributed by atoms with Gasteiger partial charge in [-0.3, -0.25) is 4.98 Å². The Morgan fingerprint density at radius 3 is 2.67 bits per heavy atom. The Morgan fingerprint density at radius 1 is 1.33 bits per heavy atom. The van der Waals surface area contributed by atoms with E-state index in [1.165, 1.54) is 0 Å². The summed E-state index contributed by atoms with van der Waals surface area (Å²) in [6.07, 6.45) is 7.14. The maximum atomic E-state index is 4.18. The van der Waals surface area contributed by atoms with Crippen molar-refractivity contribution in [2.45, 2.75) is 0 Å². The van der Waals surface area contributed by atoms with Crippen LogP contribution in [-0.4, -0.2) is 4.98 Å². The molecule has 1 aromatic heterocycles. The van der Waals surface area contributed by atoms with Gasteiger partial charge in [-0.1, -0.05) is 37.5 Å². The summed E-state index contributed by atoms with van der Waals surface area (Å²) in [7, 11) is 0. The van der Waals surface area contributed by atoms with E-state index >= 15 is 0 Å². The number of allylic oxidation sites excluding steroid dienone is 4. The standard InChI is InChI=1S/C11H11N/c1-3-7-10(4-2)11-8-5-6-9-12-11/h3-9H,1-2H2. The van der Waals surface area contributed by atoms with Crippen LogP contribution in [0.1, 0.15) is 5.69 Å². The summed E-state index contributed by atoms with van der Waals surface area (Å²) >= 11 is 0. The largest absolute Gasteiger partial charge is 0.256 e. The van der Waals surface area contributed by atoms with Gasteiger partial charge in [0.1, 0.15) is 0 Å². The van der Waals surface area contributed by atoms with Crippen LogP contribution in [-0.2, 0) is 0 Å². The smallest absolute Gasteiger partial charge is 0.0701 e. The Bertz CT molecular complexity index is 296. The predicted molar refractivity (Wildman–Crippen MR) is 52.6 cm³/mol. The van der Waals surface area contributed by atoms with Crippen molar-refractivity contribution in [2.24, 2.45) is 0 Å². The second-order valence-corrected chi connectivity index (χ2v) is 2.28. The minimum atomic E-state index is 0.924. The van der Waals surface area contributed by atoms with E-state index in [1.54, 1.807) is 18.3 Å². The van der Waals surface area contributed by atoms with Crippen LogP contribution in [0.3, 0.4) is 0 Å². The molecule has 12 heavy (non-hydrogen) atoms. The fraction of sp³-hybridized carbons (Fsp3) is 0. The Morgan fingerprint density at radius 2 is 2.17 bits per heavy atom. The van der Waals surface area contributed by atoms with Crippen molar-refractivity contribution < 1.29 is 0 Å². The topological polar surface area (TPSA) is 12.9 Å². The molecule has 0 saturated heterocycles. The van der Waals surface area contributed by atoms with E-state index in [0.717, 1.165) is 11.3 Å². The first-order valence-corrected chi connectivity index (χ1v) is 3.75. The Balaban J connectivity index is 3.03. The number of pyridine rings is 1. The Kier molecular flexibility index (Phi) is 3.03. The third kappa shape index (κ3) is 1.92. The summed E-state index contributed by atoms with van der Waals surface area (Å²) in [5.41, 5.74) is 1.91. The lowest BCUT2D eigenvalue weighted by atomic mass is 10.1. The molecule has 0 radical (unpaired) electrons. The van der Waals surface area contributed by atoms with Crippen LogP contribution in [0.15, 0.2) is 55.8 Å². The van der Waals surface area contributed by atoms with Crippen LogP contribution in [0.5, 0.6) is 0 Å². The monoisotopic (exact) mass is 157 g/mol. The molecule has 1 nitrogen and oxygen atoms in total. The van der Waals surface area contributed by atoms with Crippen molar-refractivity contribution >= 4 is 5.57 Å². The second-order valence-electron chi connectivity index (χ2n) is 2.28. The van der Waals surface area contributed by atoms with Gasteiger partial charge in [0.2, 0.25) is 0 Å². The highest BCUT2D eigenvalue weighted by Crippen LogP contribution is 2.11. The minimum absolute atomic E-state index is 0.924. The number of nitrogens with zero attached hydrogens (tertiary/aromatic N) is 1. The molecule has 0 aromatic carbocycles. The van der Waals surface area contributed by atoms with E-state index < -0.39 is 0 Å². The molecule has 0 atom stereocenters. The first-order chi connectivity index (χ1) is 5.88. The van der Waals surface area contributed by atoms with Crippen molar-refractivity contribution in [1.29, 1.82) is 0 Å². The van der Waals surface area contributed by atoms with Gasteiger partial charge < -0.3 is 0 Å². The molecule has 0 amide bonds.